The first kappa shape index (κ1) is 17.5. The summed E-state index contributed by atoms with van der Waals surface area (Å²) in [4.78, 5) is 8.85. The van der Waals surface area contributed by atoms with Crippen molar-refractivity contribution in [2.24, 2.45) is 0 Å². The van der Waals surface area contributed by atoms with Gasteiger partial charge < -0.3 is 15.4 Å². The number of hydrogen-bond donors (Lipinski definition) is 2. The molecule has 7 heteroatoms. The maximum Gasteiger partial charge on any atom is 0.229 e. The Balaban J connectivity index is 1.83. The molecule has 6 nitrogen and oxygen atoms in total. The van der Waals surface area contributed by atoms with Crippen LogP contribution in [-0.4, -0.2) is 17.1 Å². The number of halogens is 1. The number of aryl methyl sites for hydroxylation is 1. The molecule has 0 fully saturated rings. The highest BCUT2D eigenvalue weighted by molar-refractivity contribution is 6.32. The Bertz CT molecular complexity index is 984. The second-order valence-corrected chi connectivity index (χ2v) is 5.92. The maximum atomic E-state index is 9.01. The summed E-state index contributed by atoms with van der Waals surface area (Å²) >= 11 is 6.15. The molecule has 0 aliphatic rings. The summed E-state index contributed by atoms with van der Waals surface area (Å²) in [5, 5.41) is 15.8. The molecule has 130 valence electrons. The Morgan fingerprint density at radius 1 is 1.04 bits per heavy atom. The van der Waals surface area contributed by atoms with Gasteiger partial charge in [-0.3, -0.25) is 0 Å². The molecule has 2 N–H and O–H groups in total. The van der Waals surface area contributed by atoms with Gasteiger partial charge in [-0.2, -0.15) is 10.2 Å². The van der Waals surface area contributed by atoms with Gasteiger partial charge in [-0.25, -0.2) is 4.98 Å². The van der Waals surface area contributed by atoms with Crippen LogP contribution in [0.15, 0.2) is 48.5 Å². The van der Waals surface area contributed by atoms with Crippen LogP contribution in [0.25, 0.3) is 0 Å². The van der Waals surface area contributed by atoms with Crippen LogP contribution in [0, 0.1) is 18.3 Å². The highest BCUT2D eigenvalue weighted by Gasteiger charge is 2.06. The Hall–Kier alpha value is -3.30. The molecule has 0 bridgehead atoms. The fraction of sp³-hybridized carbons (Fsp3) is 0.105. The van der Waals surface area contributed by atoms with Crippen molar-refractivity contribution in [2.75, 3.05) is 17.7 Å². The molecule has 1 aromatic heterocycles. The fourth-order valence-electron chi connectivity index (χ4n) is 2.38. The largest absolute Gasteiger partial charge is 0.495 e. The van der Waals surface area contributed by atoms with Gasteiger partial charge >= 0.3 is 0 Å². The van der Waals surface area contributed by atoms with Crippen LogP contribution in [0.2, 0.25) is 5.02 Å². The van der Waals surface area contributed by atoms with Crippen LogP contribution in [-0.2, 0) is 0 Å². The van der Waals surface area contributed by atoms with Crippen molar-refractivity contribution >= 4 is 34.7 Å². The minimum Gasteiger partial charge on any atom is -0.495 e. The van der Waals surface area contributed by atoms with E-state index in [4.69, 9.17) is 21.6 Å². The number of rotatable bonds is 5. The number of hydrogen-bond acceptors (Lipinski definition) is 6. The lowest BCUT2D eigenvalue weighted by molar-refractivity contribution is 0.415. The van der Waals surface area contributed by atoms with E-state index >= 15 is 0 Å². The minimum atomic E-state index is 0.435. The number of aromatic nitrogens is 2. The summed E-state index contributed by atoms with van der Waals surface area (Å²) in [7, 11) is 1.57. The van der Waals surface area contributed by atoms with Crippen molar-refractivity contribution in [3.05, 3.63) is 64.8 Å². The summed E-state index contributed by atoms with van der Waals surface area (Å²) < 4.78 is 5.15. The molecule has 0 amide bonds. The van der Waals surface area contributed by atoms with Gasteiger partial charge in [0.15, 0.2) is 0 Å². The highest BCUT2D eigenvalue weighted by Crippen LogP contribution is 2.28. The fourth-order valence-corrected chi connectivity index (χ4v) is 2.63. The molecule has 1 heterocycles. The normalized spacial score (nSPS) is 10.1. The lowest BCUT2D eigenvalue weighted by atomic mass is 10.2. The first-order chi connectivity index (χ1) is 12.6. The zero-order chi connectivity index (χ0) is 18.5. The van der Waals surface area contributed by atoms with Crippen molar-refractivity contribution in [3.63, 3.8) is 0 Å². The standard InChI is InChI=1S/C19H16ClN5O/c1-12-8-18(23-14-5-3-4-13(9-14)11-21)25-19(22-12)24-15-6-7-17(26-2)16(20)10-15/h3-10H,1-2H3,(H2,22,23,24,25). The molecule has 0 atom stereocenters. The maximum absolute atomic E-state index is 9.01. The predicted molar refractivity (Wildman–Crippen MR) is 102 cm³/mol. The number of benzene rings is 2. The van der Waals surface area contributed by atoms with Crippen LogP contribution in [0.3, 0.4) is 0 Å². The molecule has 0 aliphatic carbocycles. The van der Waals surface area contributed by atoms with E-state index in [9.17, 15) is 0 Å². The van der Waals surface area contributed by atoms with Crippen LogP contribution in [0.5, 0.6) is 5.75 Å². The number of methoxy groups -OCH3 is 1. The number of nitriles is 1. The molecule has 0 saturated carbocycles. The number of anilines is 4. The van der Waals surface area contributed by atoms with E-state index in [0.29, 0.717) is 28.1 Å². The van der Waals surface area contributed by atoms with Gasteiger partial charge in [-0.05, 0) is 43.3 Å². The Labute approximate surface area is 156 Å². The third-order valence-corrected chi connectivity index (χ3v) is 3.82. The van der Waals surface area contributed by atoms with Gasteiger partial charge in [0.2, 0.25) is 5.95 Å². The molecular formula is C19H16ClN5O. The lowest BCUT2D eigenvalue weighted by Crippen LogP contribution is -2.02. The van der Waals surface area contributed by atoms with Gasteiger partial charge in [-0.1, -0.05) is 17.7 Å². The second kappa shape index (κ2) is 7.72. The van der Waals surface area contributed by atoms with Gasteiger partial charge in [0.25, 0.3) is 0 Å². The highest BCUT2D eigenvalue weighted by atomic mass is 35.5. The van der Waals surface area contributed by atoms with Crippen molar-refractivity contribution in [2.45, 2.75) is 6.92 Å². The van der Waals surface area contributed by atoms with Crippen LogP contribution in [0.1, 0.15) is 11.3 Å². The summed E-state index contributed by atoms with van der Waals surface area (Å²) in [5.74, 6) is 1.65. The van der Waals surface area contributed by atoms with E-state index in [1.54, 1.807) is 31.4 Å². The topological polar surface area (TPSA) is 82.9 Å². The van der Waals surface area contributed by atoms with Gasteiger partial charge in [0.1, 0.15) is 11.6 Å². The predicted octanol–water partition coefficient (Wildman–Crippen LogP) is 4.81. The molecule has 0 radical (unpaired) electrons. The molecule has 0 spiro atoms. The number of nitrogens with one attached hydrogen (secondary N) is 2. The average Bonchev–Trinajstić information content (AvgIpc) is 2.61. The minimum absolute atomic E-state index is 0.435. The van der Waals surface area contributed by atoms with Crippen molar-refractivity contribution in [1.29, 1.82) is 5.26 Å². The third-order valence-electron chi connectivity index (χ3n) is 3.53. The number of ether oxygens (including phenoxy) is 1. The first-order valence-corrected chi connectivity index (χ1v) is 8.18. The van der Waals surface area contributed by atoms with Crippen LogP contribution in [0.4, 0.5) is 23.1 Å². The Kier molecular flexibility index (Phi) is 5.20. The molecule has 0 aliphatic heterocycles. The van der Waals surface area contributed by atoms with Crippen LogP contribution < -0.4 is 15.4 Å². The van der Waals surface area contributed by atoms with E-state index in [2.05, 4.69) is 26.7 Å². The summed E-state index contributed by atoms with van der Waals surface area (Å²) in [5.41, 5.74) is 2.90. The first-order valence-electron chi connectivity index (χ1n) is 7.81. The monoisotopic (exact) mass is 365 g/mol. The van der Waals surface area contributed by atoms with E-state index in [-0.39, 0.29) is 0 Å². The van der Waals surface area contributed by atoms with E-state index in [1.165, 1.54) is 0 Å². The third kappa shape index (κ3) is 4.21. The SMILES string of the molecule is COc1ccc(Nc2nc(C)cc(Nc3cccc(C#N)c3)n2)cc1Cl. The zero-order valence-corrected chi connectivity index (χ0v) is 15.0. The second-order valence-electron chi connectivity index (χ2n) is 5.51. The van der Waals surface area contributed by atoms with Crippen molar-refractivity contribution in [3.8, 4) is 11.8 Å². The molecule has 3 aromatic rings. The van der Waals surface area contributed by atoms with Gasteiger partial charge in [0.05, 0.1) is 23.8 Å². The summed E-state index contributed by atoms with van der Waals surface area (Å²) in [6.45, 7) is 1.88. The molecule has 26 heavy (non-hydrogen) atoms. The molecular weight excluding hydrogens is 350 g/mol. The smallest absolute Gasteiger partial charge is 0.229 e. The Morgan fingerprint density at radius 3 is 2.58 bits per heavy atom. The molecule has 3 rings (SSSR count). The van der Waals surface area contributed by atoms with E-state index < -0.39 is 0 Å². The summed E-state index contributed by atoms with van der Waals surface area (Å²) in [6.07, 6.45) is 0. The van der Waals surface area contributed by atoms with Crippen LogP contribution >= 0.6 is 11.6 Å². The molecule has 0 unspecified atom stereocenters. The average molecular weight is 366 g/mol. The zero-order valence-electron chi connectivity index (χ0n) is 14.2. The molecule has 0 saturated heterocycles. The van der Waals surface area contributed by atoms with Crippen molar-refractivity contribution < 1.29 is 4.74 Å². The Morgan fingerprint density at radius 2 is 1.85 bits per heavy atom. The quantitative estimate of drug-likeness (QED) is 0.675. The van der Waals surface area contributed by atoms with E-state index in [0.717, 1.165) is 17.1 Å². The van der Waals surface area contributed by atoms with Gasteiger partial charge in [0, 0.05) is 23.1 Å². The summed E-state index contributed by atoms with van der Waals surface area (Å²) in [6, 6.07) is 16.5. The van der Waals surface area contributed by atoms with E-state index in [1.807, 2.05) is 31.2 Å². The lowest BCUT2D eigenvalue weighted by Gasteiger charge is -2.11. The molecule has 2 aromatic carbocycles. The number of nitrogens with zero attached hydrogens (tertiary/aromatic N) is 3. The van der Waals surface area contributed by atoms with Crippen molar-refractivity contribution in [1.82, 2.24) is 9.97 Å². The van der Waals surface area contributed by atoms with Gasteiger partial charge in [-0.15, -0.1) is 0 Å².